The third-order valence-electron chi connectivity index (χ3n) is 4.56. The Balaban J connectivity index is 1.70. The molecule has 29 heavy (non-hydrogen) atoms. The Labute approximate surface area is 171 Å². The lowest BCUT2D eigenvalue weighted by atomic mass is 10.1. The lowest BCUT2D eigenvalue weighted by Gasteiger charge is -2.31. The summed E-state index contributed by atoms with van der Waals surface area (Å²) in [6.07, 6.45) is -4.17. The molecule has 0 atom stereocenters. The Morgan fingerprint density at radius 1 is 1.10 bits per heavy atom. The number of hydrogen-bond acceptors (Lipinski definition) is 4. The second-order valence-electron chi connectivity index (χ2n) is 6.50. The maximum atomic E-state index is 13.0. The zero-order chi connectivity index (χ0) is 21.2. The quantitative estimate of drug-likeness (QED) is 0.698. The molecule has 154 valence electrons. The lowest BCUT2D eigenvalue weighted by molar-refractivity contribution is -0.137. The largest absolute Gasteiger partial charge is 0.490 e. The van der Waals surface area contributed by atoms with E-state index in [2.05, 4.69) is 0 Å². The van der Waals surface area contributed by atoms with Crippen LogP contribution in [0.2, 0.25) is 5.02 Å². The van der Waals surface area contributed by atoms with Crippen LogP contribution in [0.25, 0.3) is 0 Å². The Hall–Kier alpha value is -2.28. The van der Waals surface area contributed by atoms with Crippen LogP contribution in [-0.2, 0) is 16.2 Å². The second kappa shape index (κ2) is 8.22. The highest BCUT2D eigenvalue weighted by molar-refractivity contribution is 7.89. The predicted octanol–water partition coefficient (Wildman–Crippen LogP) is 4.46. The molecule has 0 radical (unpaired) electrons. The molecule has 0 aromatic heterocycles. The SMILES string of the molecule is N#Cc1ccc(OC2CCN(S(=O)(=O)c3cc(C(F)(F)F)ccc3Cl)CC2)cc1. The zero-order valence-corrected chi connectivity index (χ0v) is 16.6. The number of benzene rings is 2. The molecular formula is C19H16ClF3N2O3S. The molecule has 0 amide bonds. The first-order valence-electron chi connectivity index (χ1n) is 8.65. The molecule has 0 N–H and O–H groups in total. The second-order valence-corrected chi connectivity index (χ2v) is 8.81. The summed E-state index contributed by atoms with van der Waals surface area (Å²) in [5, 5.41) is 8.55. The van der Waals surface area contributed by atoms with E-state index < -0.39 is 26.7 Å². The van der Waals surface area contributed by atoms with Crippen LogP contribution < -0.4 is 4.74 Å². The van der Waals surface area contributed by atoms with E-state index in [1.165, 1.54) is 0 Å². The minimum Gasteiger partial charge on any atom is -0.490 e. The zero-order valence-electron chi connectivity index (χ0n) is 15.0. The molecule has 1 aliphatic heterocycles. The van der Waals surface area contributed by atoms with Crippen LogP contribution >= 0.6 is 11.6 Å². The van der Waals surface area contributed by atoms with Gasteiger partial charge in [0.15, 0.2) is 0 Å². The molecule has 0 unspecified atom stereocenters. The van der Waals surface area contributed by atoms with E-state index in [1.54, 1.807) is 24.3 Å². The average molecular weight is 445 g/mol. The van der Waals surface area contributed by atoms with Crippen molar-refractivity contribution in [3.63, 3.8) is 0 Å². The molecule has 3 rings (SSSR count). The van der Waals surface area contributed by atoms with Gasteiger partial charge >= 0.3 is 6.18 Å². The number of nitriles is 1. The number of halogens is 4. The molecule has 1 fully saturated rings. The standard InChI is InChI=1S/C19H16ClF3N2O3S/c20-17-6-3-14(19(21,22)23)11-18(17)29(26,27)25-9-7-16(8-10-25)28-15-4-1-13(12-24)2-5-15/h1-6,11,16H,7-10H2. The maximum absolute atomic E-state index is 13.0. The van der Waals surface area contributed by atoms with Crippen LogP contribution in [-0.4, -0.2) is 31.9 Å². The van der Waals surface area contributed by atoms with Crippen LogP contribution in [0, 0.1) is 11.3 Å². The first-order valence-corrected chi connectivity index (χ1v) is 10.5. The summed E-state index contributed by atoms with van der Waals surface area (Å²) in [4.78, 5) is -0.555. The van der Waals surface area contributed by atoms with Crippen LogP contribution in [0.3, 0.4) is 0 Å². The molecule has 1 saturated heterocycles. The van der Waals surface area contributed by atoms with Gasteiger partial charge in [0.05, 0.1) is 22.2 Å². The average Bonchev–Trinajstić information content (AvgIpc) is 2.68. The summed E-state index contributed by atoms with van der Waals surface area (Å²) in [5.74, 6) is 0.561. The molecule has 0 spiro atoms. The number of nitrogens with zero attached hydrogens (tertiary/aromatic N) is 2. The van der Waals surface area contributed by atoms with E-state index in [1.807, 2.05) is 6.07 Å². The Kier molecular flexibility index (Phi) is 6.08. The van der Waals surface area contributed by atoms with Crippen molar-refractivity contribution in [3.8, 4) is 11.8 Å². The van der Waals surface area contributed by atoms with Gasteiger partial charge in [-0.3, -0.25) is 0 Å². The summed E-state index contributed by atoms with van der Waals surface area (Å²) < 4.78 is 71.4. The molecule has 0 aliphatic carbocycles. The molecule has 0 bridgehead atoms. The van der Waals surface area contributed by atoms with E-state index in [9.17, 15) is 21.6 Å². The molecule has 1 aliphatic rings. The van der Waals surface area contributed by atoms with Crippen LogP contribution in [0.15, 0.2) is 47.4 Å². The van der Waals surface area contributed by atoms with Crippen molar-refractivity contribution in [2.75, 3.05) is 13.1 Å². The van der Waals surface area contributed by atoms with E-state index in [-0.39, 0.29) is 24.2 Å². The van der Waals surface area contributed by atoms with Gasteiger partial charge in [0, 0.05) is 13.1 Å². The van der Waals surface area contributed by atoms with E-state index in [0.29, 0.717) is 30.2 Å². The Bertz CT molecular complexity index is 1030. The minimum absolute atomic E-state index is 0.0931. The Morgan fingerprint density at radius 3 is 2.28 bits per heavy atom. The molecule has 2 aromatic carbocycles. The van der Waals surface area contributed by atoms with Crippen molar-refractivity contribution in [1.82, 2.24) is 4.31 Å². The number of sulfonamides is 1. The van der Waals surface area contributed by atoms with E-state index in [0.717, 1.165) is 16.4 Å². The minimum atomic E-state index is -4.67. The smallest absolute Gasteiger partial charge is 0.416 e. The van der Waals surface area contributed by atoms with Gasteiger partial charge < -0.3 is 4.74 Å². The summed E-state index contributed by atoms with van der Waals surface area (Å²) in [6.45, 7) is 0.186. The van der Waals surface area contributed by atoms with Gasteiger partial charge in [0.1, 0.15) is 16.7 Å². The first kappa shape index (κ1) is 21.4. The van der Waals surface area contributed by atoms with Crippen molar-refractivity contribution < 1.29 is 26.3 Å². The van der Waals surface area contributed by atoms with Crippen molar-refractivity contribution in [2.24, 2.45) is 0 Å². The highest BCUT2D eigenvalue weighted by Gasteiger charge is 2.35. The van der Waals surface area contributed by atoms with Gasteiger partial charge in [-0.15, -0.1) is 0 Å². The predicted molar refractivity (Wildman–Crippen MR) is 100 cm³/mol. The van der Waals surface area contributed by atoms with Crippen LogP contribution in [0.4, 0.5) is 13.2 Å². The third-order valence-corrected chi connectivity index (χ3v) is 6.94. The maximum Gasteiger partial charge on any atom is 0.416 e. The number of alkyl halides is 3. The fourth-order valence-electron chi connectivity index (χ4n) is 3.01. The van der Waals surface area contributed by atoms with Crippen molar-refractivity contribution in [2.45, 2.75) is 30.0 Å². The summed E-state index contributed by atoms with van der Waals surface area (Å²) in [5.41, 5.74) is -0.573. The summed E-state index contributed by atoms with van der Waals surface area (Å²) >= 11 is 5.89. The van der Waals surface area contributed by atoms with Crippen LogP contribution in [0.5, 0.6) is 5.75 Å². The number of piperidine rings is 1. The molecule has 10 heteroatoms. The molecule has 5 nitrogen and oxygen atoms in total. The van der Waals surface area contributed by atoms with Crippen molar-refractivity contribution in [3.05, 3.63) is 58.6 Å². The van der Waals surface area contributed by atoms with Gasteiger partial charge in [-0.05, 0) is 55.3 Å². The first-order chi connectivity index (χ1) is 13.6. The van der Waals surface area contributed by atoms with Crippen molar-refractivity contribution >= 4 is 21.6 Å². The highest BCUT2D eigenvalue weighted by atomic mass is 35.5. The van der Waals surface area contributed by atoms with Gasteiger partial charge in [0.25, 0.3) is 0 Å². The summed E-state index contributed by atoms with van der Waals surface area (Å²) in [7, 11) is -4.17. The number of ether oxygens (including phenoxy) is 1. The lowest BCUT2D eigenvalue weighted by Crippen LogP contribution is -2.41. The third kappa shape index (κ3) is 4.83. The number of rotatable bonds is 4. The van der Waals surface area contributed by atoms with E-state index in [4.69, 9.17) is 21.6 Å². The fourth-order valence-corrected chi connectivity index (χ4v) is 4.98. The molecule has 0 saturated carbocycles. The van der Waals surface area contributed by atoms with Crippen LogP contribution in [0.1, 0.15) is 24.0 Å². The monoisotopic (exact) mass is 444 g/mol. The Morgan fingerprint density at radius 2 is 1.72 bits per heavy atom. The van der Waals surface area contributed by atoms with E-state index >= 15 is 0 Å². The number of hydrogen-bond donors (Lipinski definition) is 0. The topological polar surface area (TPSA) is 70.4 Å². The fraction of sp³-hybridized carbons (Fsp3) is 0.316. The van der Waals surface area contributed by atoms with Gasteiger partial charge in [0.2, 0.25) is 10.0 Å². The molecular weight excluding hydrogens is 429 g/mol. The van der Waals surface area contributed by atoms with Gasteiger partial charge in [-0.1, -0.05) is 11.6 Å². The highest BCUT2D eigenvalue weighted by Crippen LogP contribution is 2.35. The van der Waals surface area contributed by atoms with Crippen molar-refractivity contribution in [1.29, 1.82) is 5.26 Å². The van der Waals surface area contributed by atoms with Gasteiger partial charge in [-0.25, -0.2) is 8.42 Å². The molecule has 1 heterocycles. The summed E-state index contributed by atoms with van der Waals surface area (Å²) in [6, 6.07) is 10.8. The van der Waals surface area contributed by atoms with Gasteiger partial charge in [-0.2, -0.15) is 22.7 Å². The molecule has 2 aromatic rings. The normalized spacial score (nSPS) is 16.4.